The van der Waals surface area contributed by atoms with Crippen molar-refractivity contribution in [3.63, 3.8) is 0 Å². The monoisotopic (exact) mass is 250 g/mol. The molecule has 0 spiro atoms. The first kappa shape index (κ1) is 12.4. The number of hydrogen-bond acceptors (Lipinski definition) is 4. The van der Waals surface area contributed by atoms with Crippen LogP contribution in [-0.2, 0) is 16.0 Å². The Labute approximate surface area is 104 Å². The number of carboxylic acid groups (broad SMARTS) is 1. The van der Waals surface area contributed by atoms with Crippen molar-refractivity contribution in [1.29, 1.82) is 0 Å². The van der Waals surface area contributed by atoms with Crippen LogP contribution in [0.4, 0.5) is 4.79 Å². The van der Waals surface area contributed by atoms with Gasteiger partial charge >= 0.3 is 12.1 Å². The first-order chi connectivity index (χ1) is 8.65. The lowest BCUT2D eigenvalue weighted by molar-refractivity contribution is -0.141. The maximum Gasteiger partial charge on any atom is 0.419 e. The topological polar surface area (TPSA) is 87.7 Å². The molecule has 6 nitrogen and oxygen atoms in total. The fourth-order valence-corrected chi connectivity index (χ4v) is 1.94. The van der Waals surface area contributed by atoms with Crippen molar-refractivity contribution in [2.75, 3.05) is 0 Å². The molecule has 1 heterocycles. The van der Waals surface area contributed by atoms with Crippen LogP contribution >= 0.6 is 0 Å². The summed E-state index contributed by atoms with van der Waals surface area (Å²) in [5.41, 5.74) is 5.69. The van der Waals surface area contributed by atoms with Gasteiger partial charge in [-0.2, -0.15) is 0 Å². The van der Waals surface area contributed by atoms with E-state index in [4.69, 9.17) is 9.84 Å². The molecule has 1 saturated heterocycles. The van der Waals surface area contributed by atoms with Gasteiger partial charge in [0.25, 0.3) is 0 Å². The Balaban J connectivity index is 1.96. The molecule has 0 aliphatic carbocycles. The van der Waals surface area contributed by atoms with Crippen LogP contribution in [0.15, 0.2) is 30.3 Å². The van der Waals surface area contributed by atoms with Crippen LogP contribution in [0.5, 0.6) is 0 Å². The first-order valence-corrected chi connectivity index (χ1v) is 5.63. The summed E-state index contributed by atoms with van der Waals surface area (Å²) in [6.07, 6.45) is -0.817. The molecule has 18 heavy (non-hydrogen) atoms. The smallest absolute Gasteiger partial charge is 0.419 e. The second-order valence-electron chi connectivity index (χ2n) is 4.10. The normalized spacial score (nSPS) is 22.6. The highest BCUT2D eigenvalue weighted by Crippen LogP contribution is 2.18. The Morgan fingerprint density at radius 3 is 2.78 bits per heavy atom. The minimum Gasteiger partial charge on any atom is -0.464 e. The van der Waals surface area contributed by atoms with Gasteiger partial charge in [0.15, 0.2) is 0 Å². The summed E-state index contributed by atoms with van der Waals surface area (Å²) in [6, 6.07) is 9.26. The lowest BCUT2D eigenvalue weighted by Crippen LogP contribution is -2.47. The molecule has 3 N–H and O–H groups in total. The van der Waals surface area contributed by atoms with E-state index in [-0.39, 0.29) is 24.5 Å². The fraction of sp³-hybridized carbons (Fsp3) is 0.333. The summed E-state index contributed by atoms with van der Waals surface area (Å²) in [6.45, 7) is 0. The minimum atomic E-state index is -1.19. The number of ether oxygens (including phenoxy) is 1. The number of cyclic esters (lactones) is 1. The fourth-order valence-electron chi connectivity index (χ4n) is 1.94. The summed E-state index contributed by atoms with van der Waals surface area (Å²) in [7, 11) is 0. The summed E-state index contributed by atoms with van der Waals surface area (Å²) in [4.78, 5) is 21.7. The molecule has 1 aromatic rings. The zero-order valence-electron chi connectivity index (χ0n) is 9.63. The number of hydrazine groups is 1. The van der Waals surface area contributed by atoms with Crippen LogP contribution in [0, 0.1) is 0 Å². The van der Waals surface area contributed by atoms with E-state index in [0.29, 0.717) is 6.42 Å². The quantitative estimate of drug-likeness (QED) is 0.540. The molecule has 1 aromatic carbocycles. The first-order valence-electron chi connectivity index (χ1n) is 5.63. The van der Waals surface area contributed by atoms with Crippen molar-refractivity contribution in [3.8, 4) is 0 Å². The van der Waals surface area contributed by atoms with Gasteiger partial charge in [0.05, 0.1) is 12.5 Å². The van der Waals surface area contributed by atoms with Crippen molar-refractivity contribution in [2.24, 2.45) is 0 Å². The molecule has 0 saturated carbocycles. The number of esters is 1. The standard InChI is InChI=1S/C12H14N2O4/c15-11-7-9(13-14-12(16)17)10(18-11)6-8-4-2-1-3-5-8/h1-5,9-10,13-14H,6-7H2,(H,16,17). The molecule has 0 aromatic heterocycles. The van der Waals surface area contributed by atoms with Gasteiger partial charge in [0, 0.05) is 6.42 Å². The molecule has 2 atom stereocenters. The molecule has 0 radical (unpaired) electrons. The van der Waals surface area contributed by atoms with Gasteiger partial charge in [-0.25, -0.2) is 10.2 Å². The number of benzene rings is 1. The highest BCUT2D eigenvalue weighted by molar-refractivity contribution is 5.73. The third-order valence-electron chi connectivity index (χ3n) is 2.76. The molecule has 1 amide bonds. The van der Waals surface area contributed by atoms with Gasteiger partial charge in [0.2, 0.25) is 0 Å². The number of carbonyl (C=O) groups excluding carboxylic acids is 1. The van der Waals surface area contributed by atoms with Crippen LogP contribution in [-0.4, -0.2) is 29.3 Å². The van der Waals surface area contributed by atoms with Gasteiger partial charge in [-0.1, -0.05) is 30.3 Å². The van der Waals surface area contributed by atoms with Crippen LogP contribution in [0.1, 0.15) is 12.0 Å². The molecular weight excluding hydrogens is 236 g/mol. The molecule has 2 unspecified atom stereocenters. The molecule has 1 aliphatic rings. The molecule has 2 rings (SSSR count). The van der Waals surface area contributed by atoms with E-state index in [1.165, 1.54) is 0 Å². The lowest BCUT2D eigenvalue weighted by atomic mass is 10.0. The van der Waals surface area contributed by atoms with Crippen molar-refractivity contribution >= 4 is 12.1 Å². The van der Waals surface area contributed by atoms with Crippen molar-refractivity contribution in [2.45, 2.75) is 25.0 Å². The van der Waals surface area contributed by atoms with Crippen LogP contribution in [0.25, 0.3) is 0 Å². The average molecular weight is 250 g/mol. The third-order valence-corrected chi connectivity index (χ3v) is 2.76. The largest absolute Gasteiger partial charge is 0.464 e. The van der Waals surface area contributed by atoms with Crippen LogP contribution < -0.4 is 10.9 Å². The number of nitrogens with one attached hydrogen (secondary N) is 2. The van der Waals surface area contributed by atoms with Crippen LogP contribution in [0.2, 0.25) is 0 Å². The molecule has 1 aliphatic heterocycles. The Morgan fingerprint density at radius 2 is 2.11 bits per heavy atom. The van der Waals surface area contributed by atoms with Crippen LogP contribution in [0.3, 0.4) is 0 Å². The zero-order chi connectivity index (χ0) is 13.0. The molecular formula is C12H14N2O4. The number of rotatable bonds is 4. The van der Waals surface area contributed by atoms with Crippen molar-refractivity contribution in [1.82, 2.24) is 10.9 Å². The Hall–Kier alpha value is -2.08. The Morgan fingerprint density at radius 1 is 1.39 bits per heavy atom. The Kier molecular flexibility index (Phi) is 3.78. The van der Waals surface area contributed by atoms with E-state index in [1.807, 2.05) is 30.3 Å². The zero-order valence-corrected chi connectivity index (χ0v) is 9.63. The van der Waals surface area contributed by atoms with Crippen molar-refractivity contribution in [3.05, 3.63) is 35.9 Å². The lowest BCUT2D eigenvalue weighted by Gasteiger charge is -2.18. The summed E-state index contributed by atoms with van der Waals surface area (Å²) in [5.74, 6) is -0.319. The number of carbonyl (C=O) groups is 2. The summed E-state index contributed by atoms with van der Waals surface area (Å²) in [5, 5.41) is 8.52. The minimum absolute atomic E-state index is 0.164. The van der Waals surface area contributed by atoms with Gasteiger partial charge in [-0.05, 0) is 5.56 Å². The van der Waals surface area contributed by atoms with Gasteiger partial charge in [-0.3, -0.25) is 10.2 Å². The second kappa shape index (κ2) is 5.50. The van der Waals surface area contributed by atoms with E-state index in [0.717, 1.165) is 5.56 Å². The van der Waals surface area contributed by atoms with E-state index in [2.05, 4.69) is 10.9 Å². The van der Waals surface area contributed by atoms with E-state index >= 15 is 0 Å². The number of amides is 1. The van der Waals surface area contributed by atoms with Crippen molar-refractivity contribution < 1.29 is 19.4 Å². The highest BCUT2D eigenvalue weighted by atomic mass is 16.6. The predicted molar refractivity (Wildman–Crippen MR) is 62.7 cm³/mol. The highest BCUT2D eigenvalue weighted by Gasteiger charge is 2.34. The summed E-state index contributed by atoms with van der Waals surface area (Å²) >= 11 is 0. The summed E-state index contributed by atoms with van der Waals surface area (Å²) < 4.78 is 5.18. The second-order valence-corrected chi connectivity index (χ2v) is 4.10. The average Bonchev–Trinajstić information content (AvgIpc) is 2.68. The molecule has 1 fully saturated rings. The predicted octanol–water partition coefficient (Wildman–Crippen LogP) is 0.685. The maximum absolute atomic E-state index is 11.3. The van der Waals surface area contributed by atoms with E-state index in [9.17, 15) is 9.59 Å². The van der Waals surface area contributed by atoms with Gasteiger partial charge in [0.1, 0.15) is 6.10 Å². The SMILES string of the molecule is O=C(O)NNC1CC(=O)OC1Cc1ccccc1. The van der Waals surface area contributed by atoms with E-state index < -0.39 is 6.09 Å². The number of hydrogen-bond donors (Lipinski definition) is 3. The van der Waals surface area contributed by atoms with Gasteiger partial charge < -0.3 is 9.84 Å². The molecule has 6 heteroatoms. The molecule has 96 valence electrons. The van der Waals surface area contributed by atoms with E-state index in [1.54, 1.807) is 0 Å². The third kappa shape index (κ3) is 3.21. The Bertz CT molecular complexity index is 435. The van der Waals surface area contributed by atoms with Gasteiger partial charge in [-0.15, -0.1) is 0 Å². The molecule has 0 bridgehead atoms. The maximum atomic E-state index is 11.3.